The fraction of sp³-hybridized carbons (Fsp3) is 0.300. The van der Waals surface area contributed by atoms with E-state index in [0.717, 1.165) is 11.1 Å². The molecule has 0 saturated carbocycles. The van der Waals surface area contributed by atoms with Gasteiger partial charge in [0, 0.05) is 5.02 Å². The smallest absolute Gasteiger partial charge is 0.333 e. The number of esters is 1. The van der Waals surface area contributed by atoms with Crippen molar-refractivity contribution < 1.29 is 14.3 Å². The summed E-state index contributed by atoms with van der Waals surface area (Å²) in [4.78, 5) is 24.4. The first-order valence-electron chi connectivity index (χ1n) is 8.44. The molecule has 0 aromatic heterocycles. The topological polar surface area (TPSA) is 81.4 Å². The number of hydrogen-bond donors (Lipinski definition) is 2. The first-order chi connectivity index (χ1) is 12.4. The van der Waals surface area contributed by atoms with Crippen molar-refractivity contribution in [3.05, 3.63) is 64.7 Å². The molecule has 26 heavy (non-hydrogen) atoms. The lowest BCUT2D eigenvalue weighted by atomic mass is 10.1. The second-order valence-electron chi connectivity index (χ2n) is 6.19. The molecule has 1 amide bonds. The molecule has 0 aliphatic heterocycles. The van der Waals surface area contributed by atoms with Crippen LogP contribution < -0.4 is 15.8 Å². The normalized spacial score (nSPS) is 12.9. The van der Waals surface area contributed by atoms with Crippen molar-refractivity contribution >= 4 is 23.5 Å². The number of nitrogens with one attached hydrogen (secondary N) is 1. The van der Waals surface area contributed by atoms with Crippen molar-refractivity contribution in [1.29, 1.82) is 0 Å². The maximum atomic E-state index is 12.2. The van der Waals surface area contributed by atoms with E-state index in [4.69, 9.17) is 22.1 Å². The van der Waals surface area contributed by atoms with E-state index in [-0.39, 0.29) is 5.91 Å². The highest BCUT2D eigenvalue weighted by Gasteiger charge is 2.22. The highest BCUT2D eigenvalue weighted by Crippen LogP contribution is 2.22. The first-order valence-corrected chi connectivity index (χ1v) is 8.82. The first kappa shape index (κ1) is 19.9. The predicted molar refractivity (Wildman–Crippen MR) is 102 cm³/mol. The molecule has 0 saturated heterocycles. The van der Waals surface area contributed by atoms with E-state index in [0.29, 0.717) is 23.6 Å². The lowest BCUT2D eigenvalue weighted by Gasteiger charge is -2.17. The third-order valence-corrected chi connectivity index (χ3v) is 4.22. The van der Waals surface area contributed by atoms with Crippen molar-refractivity contribution in [3.8, 4) is 5.75 Å². The summed E-state index contributed by atoms with van der Waals surface area (Å²) in [5.41, 5.74) is 7.78. The van der Waals surface area contributed by atoms with Gasteiger partial charge >= 0.3 is 5.97 Å². The third kappa shape index (κ3) is 5.86. The molecule has 0 unspecified atom stereocenters. The minimum absolute atomic E-state index is 0.377. The van der Waals surface area contributed by atoms with Gasteiger partial charge in [-0.25, -0.2) is 4.79 Å². The van der Waals surface area contributed by atoms with Crippen LogP contribution in [-0.2, 0) is 16.0 Å². The molecule has 0 aliphatic carbocycles. The molecule has 0 aliphatic rings. The molecule has 2 aromatic carbocycles. The second kappa shape index (κ2) is 9.36. The van der Waals surface area contributed by atoms with E-state index in [2.05, 4.69) is 5.32 Å². The Morgan fingerprint density at radius 1 is 1.19 bits per heavy atom. The van der Waals surface area contributed by atoms with Crippen LogP contribution in [0.5, 0.6) is 5.75 Å². The molecule has 0 radical (unpaired) electrons. The molecular formula is C20H23ClN2O3. The Kier molecular flexibility index (Phi) is 7.18. The number of benzene rings is 2. The van der Waals surface area contributed by atoms with Gasteiger partial charge in [0.15, 0.2) is 0 Å². The number of halogens is 1. The largest absolute Gasteiger partial charge is 0.425 e. The third-order valence-electron chi connectivity index (χ3n) is 3.98. The highest BCUT2D eigenvalue weighted by atomic mass is 35.5. The number of amides is 1. The zero-order valence-electron chi connectivity index (χ0n) is 14.9. The minimum Gasteiger partial charge on any atom is -0.425 e. The molecule has 5 nitrogen and oxygen atoms in total. The summed E-state index contributed by atoms with van der Waals surface area (Å²) < 4.78 is 5.32. The second-order valence-corrected chi connectivity index (χ2v) is 6.63. The van der Waals surface area contributed by atoms with Crippen molar-refractivity contribution in [1.82, 2.24) is 5.32 Å². The predicted octanol–water partition coefficient (Wildman–Crippen LogP) is 3.02. The molecule has 2 atom stereocenters. The molecule has 6 heteroatoms. The molecular weight excluding hydrogens is 352 g/mol. The van der Waals surface area contributed by atoms with E-state index < -0.39 is 18.1 Å². The van der Waals surface area contributed by atoms with Crippen LogP contribution in [0.2, 0.25) is 5.02 Å². The zero-order chi connectivity index (χ0) is 19.1. The maximum absolute atomic E-state index is 12.2. The molecule has 3 N–H and O–H groups in total. The van der Waals surface area contributed by atoms with Gasteiger partial charge in [-0.05, 0) is 56.0 Å². The van der Waals surface area contributed by atoms with E-state index >= 15 is 0 Å². The summed E-state index contributed by atoms with van der Waals surface area (Å²) in [6, 6.07) is 13.3. The van der Waals surface area contributed by atoms with Crippen LogP contribution >= 0.6 is 11.6 Å². The SMILES string of the molecule is Cc1cc(Cl)ccc1OC(=O)[C@H](C)NC(=O)[C@@H](N)CCc1ccccc1. The van der Waals surface area contributed by atoms with Crippen LogP contribution in [0.3, 0.4) is 0 Å². The number of nitrogens with two attached hydrogens (primary N) is 1. The summed E-state index contributed by atoms with van der Waals surface area (Å²) in [7, 11) is 0. The van der Waals surface area contributed by atoms with Gasteiger partial charge in [0.25, 0.3) is 0 Å². The summed E-state index contributed by atoms with van der Waals surface area (Å²) >= 11 is 5.88. The summed E-state index contributed by atoms with van der Waals surface area (Å²) in [5.74, 6) is -0.522. The maximum Gasteiger partial charge on any atom is 0.333 e. The van der Waals surface area contributed by atoms with Gasteiger partial charge in [-0.3, -0.25) is 4.79 Å². The Balaban J connectivity index is 1.84. The van der Waals surface area contributed by atoms with Crippen molar-refractivity contribution in [3.63, 3.8) is 0 Å². The Bertz CT molecular complexity index is 765. The van der Waals surface area contributed by atoms with Gasteiger partial charge in [-0.1, -0.05) is 41.9 Å². The van der Waals surface area contributed by atoms with Crippen molar-refractivity contribution in [2.45, 2.75) is 38.8 Å². The summed E-state index contributed by atoms with van der Waals surface area (Å²) in [6.07, 6.45) is 1.19. The van der Waals surface area contributed by atoms with Gasteiger partial charge in [-0.15, -0.1) is 0 Å². The van der Waals surface area contributed by atoms with Gasteiger partial charge in [-0.2, -0.15) is 0 Å². The van der Waals surface area contributed by atoms with Crippen LogP contribution in [0.15, 0.2) is 48.5 Å². The average molecular weight is 375 g/mol. The van der Waals surface area contributed by atoms with E-state index in [1.54, 1.807) is 32.0 Å². The standard InChI is InChI=1S/C20H23ClN2O3/c1-13-12-16(21)9-11-18(13)26-20(25)14(2)23-19(24)17(22)10-8-15-6-4-3-5-7-15/h3-7,9,11-12,14,17H,8,10,22H2,1-2H3,(H,23,24)/t14-,17-/m0/s1. The van der Waals surface area contributed by atoms with Crippen LogP contribution in [0.4, 0.5) is 0 Å². The molecule has 0 fully saturated rings. The van der Waals surface area contributed by atoms with Gasteiger partial charge in [0.05, 0.1) is 6.04 Å². The average Bonchev–Trinajstić information content (AvgIpc) is 2.62. The Hall–Kier alpha value is -2.37. The highest BCUT2D eigenvalue weighted by molar-refractivity contribution is 6.30. The van der Waals surface area contributed by atoms with Crippen LogP contribution in [0, 0.1) is 6.92 Å². The lowest BCUT2D eigenvalue weighted by Crippen LogP contribution is -2.48. The molecule has 138 valence electrons. The molecule has 0 heterocycles. The molecule has 2 aromatic rings. The lowest BCUT2D eigenvalue weighted by molar-refractivity contribution is -0.139. The van der Waals surface area contributed by atoms with Crippen molar-refractivity contribution in [2.75, 3.05) is 0 Å². The fourth-order valence-corrected chi connectivity index (χ4v) is 2.63. The number of ether oxygens (including phenoxy) is 1. The van der Waals surface area contributed by atoms with E-state index in [1.807, 2.05) is 30.3 Å². The van der Waals surface area contributed by atoms with Crippen LogP contribution in [0.25, 0.3) is 0 Å². The molecule has 2 rings (SSSR count). The van der Waals surface area contributed by atoms with E-state index in [1.165, 1.54) is 0 Å². The summed E-state index contributed by atoms with van der Waals surface area (Å²) in [6.45, 7) is 3.35. The fourth-order valence-electron chi connectivity index (χ4n) is 2.40. The van der Waals surface area contributed by atoms with E-state index in [9.17, 15) is 9.59 Å². The van der Waals surface area contributed by atoms with Crippen molar-refractivity contribution in [2.24, 2.45) is 5.73 Å². The Morgan fingerprint density at radius 3 is 2.54 bits per heavy atom. The molecule has 0 bridgehead atoms. The monoisotopic (exact) mass is 374 g/mol. The quantitative estimate of drug-likeness (QED) is 0.576. The number of hydrogen-bond acceptors (Lipinski definition) is 4. The van der Waals surface area contributed by atoms with Gasteiger partial charge in [0.1, 0.15) is 11.8 Å². The minimum atomic E-state index is -0.805. The number of rotatable bonds is 7. The van der Waals surface area contributed by atoms with Crippen LogP contribution in [-0.4, -0.2) is 24.0 Å². The van der Waals surface area contributed by atoms with Gasteiger partial charge < -0.3 is 15.8 Å². The van der Waals surface area contributed by atoms with Crippen LogP contribution in [0.1, 0.15) is 24.5 Å². The Labute approximate surface area is 158 Å². The Morgan fingerprint density at radius 2 is 1.88 bits per heavy atom. The molecule has 0 spiro atoms. The zero-order valence-corrected chi connectivity index (χ0v) is 15.6. The number of carbonyl (C=O) groups excluding carboxylic acids is 2. The number of aryl methyl sites for hydroxylation is 2. The van der Waals surface area contributed by atoms with Gasteiger partial charge in [0.2, 0.25) is 5.91 Å². The number of carbonyl (C=O) groups is 2. The summed E-state index contributed by atoms with van der Waals surface area (Å²) in [5, 5.41) is 3.17.